The summed E-state index contributed by atoms with van der Waals surface area (Å²) < 4.78 is 35.3. The molecule has 0 aromatic heterocycles. The van der Waals surface area contributed by atoms with Gasteiger partial charge in [-0.05, 0) is 6.92 Å². The second-order valence-electron chi connectivity index (χ2n) is 2.75. The molecule has 0 atom stereocenters. The minimum Gasteiger partial charge on any atom is -0.361 e. The molecule has 0 radical (unpaired) electrons. The Kier molecular flexibility index (Phi) is 4.60. The van der Waals surface area contributed by atoms with Gasteiger partial charge in [-0.15, -0.1) is 0 Å². The van der Waals surface area contributed by atoms with Crippen molar-refractivity contribution in [2.45, 2.75) is 19.5 Å². The molecule has 0 saturated heterocycles. The number of nitrogens with two attached hydrogens (primary N) is 1. The van der Waals surface area contributed by atoms with E-state index < -0.39 is 30.2 Å². The molecule has 0 saturated carbocycles. The van der Waals surface area contributed by atoms with Crippen LogP contribution in [-0.2, 0) is 14.4 Å². The first-order valence-electron chi connectivity index (χ1n) is 3.87. The highest BCUT2D eigenvalue weighted by Crippen LogP contribution is 2.17. The van der Waals surface area contributed by atoms with Gasteiger partial charge in [0.25, 0.3) is 0 Å². The Morgan fingerprint density at radius 3 is 2.19 bits per heavy atom. The lowest BCUT2D eigenvalue weighted by atomic mass is 10.2. The van der Waals surface area contributed by atoms with E-state index in [4.69, 9.17) is 0 Å². The van der Waals surface area contributed by atoms with Crippen molar-refractivity contribution in [1.29, 1.82) is 0 Å². The van der Waals surface area contributed by atoms with Crippen LogP contribution in [0.5, 0.6) is 0 Å². The molecule has 9 heteroatoms. The number of alkyl halides is 3. The molecule has 0 rings (SSSR count). The predicted molar refractivity (Wildman–Crippen MR) is 46.1 cm³/mol. The molecule has 0 heterocycles. The van der Waals surface area contributed by atoms with Crippen molar-refractivity contribution in [3.05, 3.63) is 0 Å². The Morgan fingerprint density at radius 2 is 1.81 bits per heavy atom. The molecule has 0 fully saturated rings. The van der Waals surface area contributed by atoms with Gasteiger partial charge in [-0.3, -0.25) is 14.4 Å². The van der Waals surface area contributed by atoms with Gasteiger partial charge in [0, 0.05) is 5.71 Å². The number of hydrogen-bond donors (Lipinski definition) is 2. The maximum atomic E-state index is 11.8. The molecular formula is C7H8F3N3O3. The SMILES string of the molecule is C/C(CC(=O)C(F)(F)F)=N/NC(=O)C(N)=O. The van der Waals surface area contributed by atoms with Gasteiger partial charge in [0.15, 0.2) is 0 Å². The van der Waals surface area contributed by atoms with Crippen LogP contribution in [0.4, 0.5) is 13.2 Å². The number of carbonyl (C=O) groups excluding carboxylic acids is 3. The van der Waals surface area contributed by atoms with Crippen molar-refractivity contribution >= 4 is 23.3 Å². The minimum atomic E-state index is -4.95. The average molecular weight is 239 g/mol. The maximum Gasteiger partial charge on any atom is 0.450 e. The lowest BCUT2D eigenvalue weighted by Gasteiger charge is -2.04. The van der Waals surface area contributed by atoms with E-state index in [-0.39, 0.29) is 5.71 Å². The summed E-state index contributed by atoms with van der Waals surface area (Å²) in [6, 6.07) is 0. The van der Waals surface area contributed by atoms with Crippen molar-refractivity contribution in [3.63, 3.8) is 0 Å². The maximum absolute atomic E-state index is 11.8. The first kappa shape index (κ1) is 14.1. The summed E-state index contributed by atoms with van der Waals surface area (Å²) in [4.78, 5) is 31.2. The summed E-state index contributed by atoms with van der Waals surface area (Å²) in [5.74, 6) is -4.61. The van der Waals surface area contributed by atoms with Crippen LogP contribution in [0.1, 0.15) is 13.3 Å². The third kappa shape index (κ3) is 5.08. The summed E-state index contributed by atoms with van der Waals surface area (Å²) in [6.07, 6.45) is -5.95. The van der Waals surface area contributed by atoms with Crippen LogP contribution >= 0.6 is 0 Å². The highest BCUT2D eigenvalue weighted by atomic mass is 19.4. The lowest BCUT2D eigenvalue weighted by molar-refractivity contribution is -0.169. The summed E-state index contributed by atoms with van der Waals surface area (Å²) in [6.45, 7) is 1.09. The molecule has 6 nitrogen and oxygen atoms in total. The average Bonchev–Trinajstić information content (AvgIpc) is 2.12. The second kappa shape index (κ2) is 5.24. The van der Waals surface area contributed by atoms with Gasteiger partial charge in [0.05, 0.1) is 6.42 Å². The number of primary amides is 1. The smallest absolute Gasteiger partial charge is 0.361 e. The summed E-state index contributed by atoms with van der Waals surface area (Å²) in [7, 11) is 0. The first-order valence-corrected chi connectivity index (χ1v) is 3.87. The number of hydrazone groups is 1. The zero-order valence-electron chi connectivity index (χ0n) is 8.09. The first-order chi connectivity index (χ1) is 7.14. The molecule has 16 heavy (non-hydrogen) atoms. The topological polar surface area (TPSA) is 102 Å². The zero-order chi connectivity index (χ0) is 12.9. The van der Waals surface area contributed by atoms with E-state index in [2.05, 4.69) is 10.8 Å². The quantitative estimate of drug-likeness (QED) is 0.393. The number of amides is 2. The second-order valence-corrected chi connectivity index (χ2v) is 2.75. The Bertz CT molecular complexity index is 349. The normalized spacial score (nSPS) is 12.1. The number of nitrogens with one attached hydrogen (secondary N) is 1. The van der Waals surface area contributed by atoms with Crippen LogP contribution in [0, 0.1) is 0 Å². The van der Waals surface area contributed by atoms with E-state index in [9.17, 15) is 27.6 Å². The minimum absolute atomic E-state index is 0.295. The Morgan fingerprint density at radius 1 is 1.31 bits per heavy atom. The van der Waals surface area contributed by atoms with Crippen LogP contribution in [0.3, 0.4) is 0 Å². The summed E-state index contributed by atoms with van der Waals surface area (Å²) >= 11 is 0. The third-order valence-corrected chi connectivity index (χ3v) is 1.30. The van der Waals surface area contributed by atoms with E-state index in [1.807, 2.05) is 0 Å². The highest BCUT2D eigenvalue weighted by molar-refractivity contribution is 6.34. The van der Waals surface area contributed by atoms with Crippen molar-refractivity contribution in [3.8, 4) is 0 Å². The van der Waals surface area contributed by atoms with E-state index in [0.29, 0.717) is 0 Å². The fraction of sp³-hybridized carbons (Fsp3) is 0.429. The van der Waals surface area contributed by atoms with E-state index in [0.717, 1.165) is 6.92 Å². The molecule has 2 amide bonds. The number of nitrogens with zero attached hydrogens (tertiary/aromatic N) is 1. The van der Waals surface area contributed by atoms with Gasteiger partial charge in [0.1, 0.15) is 0 Å². The summed E-state index contributed by atoms with van der Waals surface area (Å²) in [5.41, 5.74) is 5.82. The third-order valence-electron chi connectivity index (χ3n) is 1.30. The van der Waals surface area contributed by atoms with Crippen LogP contribution in [0.15, 0.2) is 5.10 Å². The van der Waals surface area contributed by atoms with Gasteiger partial charge in [-0.2, -0.15) is 18.3 Å². The zero-order valence-corrected chi connectivity index (χ0v) is 8.09. The van der Waals surface area contributed by atoms with Crippen LogP contribution in [-0.4, -0.2) is 29.5 Å². The standard InChI is InChI=1S/C7H8F3N3O3/c1-3(2-4(14)7(8,9)10)12-13-6(16)5(11)15/h2H2,1H3,(H2,11,15)(H,13,16)/b12-3-. The number of carbonyl (C=O) groups is 3. The number of rotatable bonds is 3. The van der Waals surface area contributed by atoms with Crippen molar-refractivity contribution in [1.82, 2.24) is 5.43 Å². The molecule has 0 aliphatic rings. The number of halogens is 3. The highest BCUT2D eigenvalue weighted by Gasteiger charge is 2.38. The van der Waals surface area contributed by atoms with Crippen molar-refractivity contribution in [2.24, 2.45) is 10.8 Å². The molecule has 0 bridgehead atoms. The summed E-state index contributed by atoms with van der Waals surface area (Å²) in [5, 5.41) is 3.09. The van der Waals surface area contributed by atoms with Gasteiger partial charge in [0.2, 0.25) is 5.78 Å². The van der Waals surface area contributed by atoms with E-state index >= 15 is 0 Å². The molecule has 0 spiro atoms. The van der Waals surface area contributed by atoms with E-state index in [1.165, 1.54) is 0 Å². The molecular weight excluding hydrogens is 231 g/mol. The molecule has 0 aromatic carbocycles. The van der Waals surface area contributed by atoms with Crippen LogP contribution in [0.25, 0.3) is 0 Å². The Balaban J connectivity index is 4.32. The number of ketones is 1. The van der Waals surface area contributed by atoms with Crippen LogP contribution < -0.4 is 11.2 Å². The van der Waals surface area contributed by atoms with Gasteiger partial charge in [-0.1, -0.05) is 0 Å². The monoisotopic (exact) mass is 239 g/mol. The van der Waals surface area contributed by atoms with Gasteiger partial charge >= 0.3 is 18.0 Å². The Labute approximate surface area is 87.7 Å². The number of Topliss-reactive ketones (excluding diaryl/α,β-unsaturated/α-hetero) is 1. The van der Waals surface area contributed by atoms with Crippen molar-refractivity contribution in [2.75, 3.05) is 0 Å². The predicted octanol–water partition coefficient (Wildman–Crippen LogP) is -0.515. The number of hydrogen-bond acceptors (Lipinski definition) is 4. The van der Waals surface area contributed by atoms with Gasteiger partial charge in [-0.25, -0.2) is 5.43 Å². The molecule has 0 unspecified atom stereocenters. The fourth-order valence-corrected chi connectivity index (χ4v) is 0.573. The fourth-order valence-electron chi connectivity index (χ4n) is 0.573. The Hall–Kier alpha value is -1.93. The van der Waals surface area contributed by atoms with Crippen LogP contribution in [0.2, 0.25) is 0 Å². The lowest BCUT2D eigenvalue weighted by Crippen LogP contribution is -2.34. The molecule has 0 aliphatic heterocycles. The molecule has 0 aromatic rings. The van der Waals surface area contributed by atoms with Crippen molar-refractivity contribution < 1.29 is 27.6 Å². The largest absolute Gasteiger partial charge is 0.450 e. The van der Waals surface area contributed by atoms with Gasteiger partial charge < -0.3 is 5.73 Å². The van der Waals surface area contributed by atoms with E-state index in [1.54, 1.807) is 5.43 Å². The molecule has 90 valence electrons. The molecule has 3 N–H and O–H groups in total. The molecule has 0 aliphatic carbocycles.